The van der Waals surface area contributed by atoms with E-state index in [1.165, 1.54) is 11.8 Å². The van der Waals surface area contributed by atoms with Crippen molar-refractivity contribution >= 4 is 23.7 Å². The zero-order valence-electron chi connectivity index (χ0n) is 20.7. The molecule has 0 aliphatic rings. The summed E-state index contributed by atoms with van der Waals surface area (Å²) >= 11 is 0. The minimum absolute atomic E-state index is 0.00924. The van der Waals surface area contributed by atoms with Crippen molar-refractivity contribution in [2.75, 3.05) is 19.0 Å². The Bertz CT molecular complexity index is 1170. The first-order chi connectivity index (χ1) is 17.5. The number of hydrogen-bond acceptors (Lipinski definition) is 6. The SMILES string of the molecule is CCOc1ccc(NC(=O)CCC(=O)NN=Cc2ccc(OCc3ccc(C)cc3)c(OC)c2)cc1. The number of amides is 2. The number of aryl methyl sites for hydroxylation is 1. The third-order valence-corrected chi connectivity index (χ3v) is 5.13. The Hall–Kier alpha value is -4.33. The first kappa shape index (κ1) is 26.3. The number of carbonyl (C=O) groups excluding carboxylic acids is 2. The van der Waals surface area contributed by atoms with Crippen LogP contribution in [0.4, 0.5) is 5.69 Å². The molecular formula is C28H31N3O5. The smallest absolute Gasteiger partial charge is 0.240 e. The average Bonchev–Trinajstić information content (AvgIpc) is 2.89. The molecule has 2 N–H and O–H groups in total. The largest absolute Gasteiger partial charge is 0.494 e. The van der Waals surface area contributed by atoms with Crippen LogP contribution in [-0.4, -0.2) is 31.7 Å². The highest BCUT2D eigenvalue weighted by molar-refractivity contribution is 5.93. The van der Waals surface area contributed by atoms with Crippen LogP contribution in [0.2, 0.25) is 0 Å². The highest BCUT2D eigenvalue weighted by Crippen LogP contribution is 2.28. The van der Waals surface area contributed by atoms with Gasteiger partial charge in [0.25, 0.3) is 0 Å². The van der Waals surface area contributed by atoms with Gasteiger partial charge in [-0.15, -0.1) is 0 Å². The minimum atomic E-state index is -0.363. The fourth-order valence-electron chi connectivity index (χ4n) is 3.22. The Balaban J connectivity index is 1.43. The number of hydrogen-bond donors (Lipinski definition) is 2. The molecule has 3 aromatic carbocycles. The topological polar surface area (TPSA) is 98.2 Å². The van der Waals surface area contributed by atoms with Gasteiger partial charge in [-0.25, -0.2) is 5.43 Å². The zero-order chi connectivity index (χ0) is 25.8. The van der Waals surface area contributed by atoms with Crippen molar-refractivity contribution in [2.24, 2.45) is 5.10 Å². The molecule has 0 aromatic heterocycles. The number of nitrogens with zero attached hydrogens (tertiary/aromatic N) is 1. The number of nitrogens with one attached hydrogen (secondary N) is 2. The summed E-state index contributed by atoms with van der Waals surface area (Å²) < 4.78 is 16.7. The predicted octanol–water partition coefficient (Wildman–Crippen LogP) is 4.85. The molecule has 0 heterocycles. The quantitative estimate of drug-likeness (QED) is 0.280. The van der Waals surface area contributed by atoms with Gasteiger partial charge >= 0.3 is 0 Å². The molecule has 0 unspecified atom stereocenters. The summed E-state index contributed by atoms with van der Waals surface area (Å²) in [6.07, 6.45) is 1.55. The van der Waals surface area contributed by atoms with Crippen LogP contribution in [0.5, 0.6) is 17.2 Å². The Morgan fingerprint density at radius 1 is 0.889 bits per heavy atom. The average molecular weight is 490 g/mol. The molecule has 3 rings (SSSR count). The van der Waals surface area contributed by atoms with Gasteiger partial charge in [0.1, 0.15) is 12.4 Å². The number of anilines is 1. The van der Waals surface area contributed by atoms with Gasteiger partial charge in [0.15, 0.2) is 11.5 Å². The van der Waals surface area contributed by atoms with Crippen LogP contribution >= 0.6 is 0 Å². The van der Waals surface area contributed by atoms with Crippen molar-refractivity contribution < 1.29 is 23.8 Å². The number of ether oxygens (including phenoxy) is 3. The van der Waals surface area contributed by atoms with Crippen molar-refractivity contribution in [1.29, 1.82) is 0 Å². The number of hydrazone groups is 1. The van der Waals surface area contributed by atoms with Crippen molar-refractivity contribution in [3.63, 3.8) is 0 Å². The normalized spacial score (nSPS) is 10.6. The standard InChI is InChI=1S/C28H31N3O5/c1-4-35-24-12-10-23(11-13-24)30-27(32)15-16-28(33)31-29-18-22-9-14-25(26(17-22)34-3)36-19-21-7-5-20(2)6-8-21/h5-14,17-18H,4,15-16,19H2,1-3H3,(H,30,32)(H,31,33). The van der Waals surface area contributed by atoms with Gasteiger partial charge in [0, 0.05) is 18.5 Å². The highest BCUT2D eigenvalue weighted by Gasteiger charge is 2.08. The van der Waals surface area contributed by atoms with E-state index in [-0.39, 0.29) is 24.7 Å². The first-order valence-electron chi connectivity index (χ1n) is 11.7. The second-order valence-electron chi connectivity index (χ2n) is 7.98. The molecule has 36 heavy (non-hydrogen) atoms. The molecule has 0 saturated carbocycles. The molecule has 0 atom stereocenters. The summed E-state index contributed by atoms with van der Waals surface area (Å²) in [4.78, 5) is 24.2. The second kappa shape index (κ2) is 13.5. The molecule has 0 radical (unpaired) electrons. The van der Waals surface area contributed by atoms with E-state index in [0.29, 0.717) is 30.4 Å². The Kier molecular flexibility index (Phi) is 9.88. The maximum Gasteiger partial charge on any atom is 0.240 e. The lowest BCUT2D eigenvalue weighted by Gasteiger charge is -2.11. The van der Waals surface area contributed by atoms with Crippen LogP contribution in [0.1, 0.15) is 36.5 Å². The molecule has 188 valence electrons. The fourth-order valence-corrected chi connectivity index (χ4v) is 3.22. The van der Waals surface area contributed by atoms with Gasteiger partial charge in [-0.05, 0) is 67.4 Å². The number of rotatable bonds is 12. The van der Waals surface area contributed by atoms with Crippen molar-refractivity contribution in [2.45, 2.75) is 33.3 Å². The van der Waals surface area contributed by atoms with Crippen LogP contribution in [0.3, 0.4) is 0 Å². The Morgan fingerprint density at radius 2 is 1.61 bits per heavy atom. The van der Waals surface area contributed by atoms with E-state index < -0.39 is 0 Å². The first-order valence-corrected chi connectivity index (χ1v) is 11.7. The maximum atomic E-state index is 12.1. The third-order valence-electron chi connectivity index (χ3n) is 5.13. The summed E-state index contributed by atoms with van der Waals surface area (Å²) in [5.41, 5.74) is 6.06. The van der Waals surface area contributed by atoms with E-state index in [4.69, 9.17) is 14.2 Å². The van der Waals surface area contributed by atoms with Crippen molar-refractivity contribution in [3.05, 3.63) is 83.4 Å². The fraction of sp³-hybridized carbons (Fsp3) is 0.250. The molecule has 8 heteroatoms. The van der Waals surface area contributed by atoms with Crippen LogP contribution < -0.4 is 25.0 Å². The van der Waals surface area contributed by atoms with Crippen LogP contribution in [-0.2, 0) is 16.2 Å². The number of benzene rings is 3. The molecule has 0 fully saturated rings. The van der Waals surface area contributed by atoms with Gasteiger partial charge < -0.3 is 19.5 Å². The Labute approximate surface area is 211 Å². The van der Waals surface area contributed by atoms with E-state index in [0.717, 1.165) is 16.9 Å². The molecule has 8 nitrogen and oxygen atoms in total. The molecule has 0 saturated heterocycles. The van der Waals surface area contributed by atoms with Crippen LogP contribution in [0.25, 0.3) is 0 Å². The van der Waals surface area contributed by atoms with Crippen LogP contribution in [0, 0.1) is 6.92 Å². The molecule has 0 bridgehead atoms. The van der Waals surface area contributed by atoms with Crippen molar-refractivity contribution in [3.8, 4) is 17.2 Å². The zero-order valence-corrected chi connectivity index (χ0v) is 20.7. The highest BCUT2D eigenvalue weighted by atomic mass is 16.5. The van der Waals surface area contributed by atoms with Gasteiger partial charge in [-0.3, -0.25) is 9.59 Å². The molecule has 0 aliphatic heterocycles. The molecular weight excluding hydrogens is 458 g/mol. The van der Waals surface area contributed by atoms with Gasteiger partial charge in [0.05, 0.1) is 19.9 Å². The van der Waals surface area contributed by atoms with E-state index >= 15 is 0 Å². The summed E-state index contributed by atoms with van der Waals surface area (Å²) in [6, 6.07) is 20.6. The van der Waals surface area contributed by atoms with Gasteiger partial charge in [-0.1, -0.05) is 29.8 Å². The summed E-state index contributed by atoms with van der Waals surface area (Å²) in [7, 11) is 1.56. The molecule has 2 amide bonds. The monoisotopic (exact) mass is 489 g/mol. The molecule has 0 spiro atoms. The van der Waals surface area contributed by atoms with E-state index in [9.17, 15) is 9.59 Å². The lowest BCUT2D eigenvalue weighted by molar-refractivity contribution is -0.124. The summed E-state index contributed by atoms with van der Waals surface area (Å²) in [5.74, 6) is 1.28. The molecule has 3 aromatic rings. The Morgan fingerprint density at radius 3 is 2.31 bits per heavy atom. The van der Waals surface area contributed by atoms with Crippen molar-refractivity contribution in [1.82, 2.24) is 5.43 Å². The lowest BCUT2D eigenvalue weighted by atomic mass is 10.2. The van der Waals surface area contributed by atoms with E-state index in [1.54, 1.807) is 43.5 Å². The second-order valence-corrected chi connectivity index (χ2v) is 7.98. The lowest BCUT2D eigenvalue weighted by Crippen LogP contribution is -2.20. The summed E-state index contributed by atoms with van der Waals surface area (Å²) in [6.45, 7) is 4.94. The minimum Gasteiger partial charge on any atom is -0.494 e. The predicted molar refractivity (Wildman–Crippen MR) is 140 cm³/mol. The third kappa shape index (κ3) is 8.47. The number of methoxy groups -OCH3 is 1. The van der Waals surface area contributed by atoms with Gasteiger partial charge in [0.2, 0.25) is 11.8 Å². The van der Waals surface area contributed by atoms with E-state index in [2.05, 4.69) is 15.8 Å². The maximum absolute atomic E-state index is 12.1. The summed E-state index contributed by atoms with van der Waals surface area (Å²) in [5, 5.41) is 6.72. The number of carbonyl (C=O) groups is 2. The van der Waals surface area contributed by atoms with E-state index in [1.807, 2.05) is 44.2 Å². The van der Waals surface area contributed by atoms with Crippen LogP contribution in [0.15, 0.2) is 71.8 Å². The van der Waals surface area contributed by atoms with Gasteiger partial charge in [-0.2, -0.15) is 5.10 Å². The molecule has 0 aliphatic carbocycles.